The van der Waals surface area contributed by atoms with Gasteiger partial charge >= 0.3 is 0 Å². The first-order valence-electron chi connectivity index (χ1n) is 7.04. The molecule has 1 aromatic heterocycles. The van der Waals surface area contributed by atoms with Crippen LogP contribution in [0.4, 0.5) is 0 Å². The van der Waals surface area contributed by atoms with E-state index in [4.69, 9.17) is 9.47 Å². The molecule has 1 fully saturated rings. The molecule has 2 rings (SSSR count). The second-order valence-electron chi connectivity index (χ2n) is 5.03. The molecular formula is C16H21NO3. The number of hydrogen-bond acceptors (Lipinski definition) is 4. The van der Waals surface area contributed by atoms with Crippen molar-refractivity contribution < 1.29 is 14.3 Å². The van der Waals surface area contributed by atoms with Gasteiger partial charge in [-0.2, -0.15) is 0 Å². The number of pyridine rings is 1. The van der Waals surface area contributed by atoms with Crippen LogP contribution in [-0.4, -0.2) is 25.0 Å². The number of carbonyl (C=O) groups is 1. The average Bonchev–Trinajstić information content (AvgIpc) is 2.53. The summed E-state index contributed by atoms with van der Waals surface area (Å²) in [4.78, 5) is 16.3. The molecule has 0 aromatic carbocycles. The molecule has 4 nitrogen and oxygen atoms in total. The molecule has 0 N–H and O–H groups in total. The van der Waals surface area contributed by atoms with Crippen molar-refractivity contribution in [3.8, 4) is 11.5 Å². The lowest BCUT2D eigenvalue weighted by Gasteiger charge is -2.18. The maximum absolute atomic E-state index is 12.1. The topological polar surface area (TPSA) is 48.4 Å². The number of ether oxygens (including phenoxy) is 2. The van der Waals surface area contributed by atoms with Crippen LogP contribution in [0.2, 0.25) is 0 Å². The Morgan fingerprint density at radius 2 is 1.90 bits per heavy atom. The Labute approximate surface area is 119 Å². The SMILES string of the molecule is COc1cnc(/C=C/C(=O)C2CCCCC2)cc1OC. The second kappa shape index (κ2) is 7.08. The zero-order chi connectivity index (χ0) is 14.4. The third-order valence-electron chi connectivity index (χ3n) is 3.72. The van der Waals surface area contributed by atoms with Crippen molar-refractivity contribution in [1.29, 1.82) is 0 Å². The molecule has 0 radical (unpaired) electrons. The number of allylic oxidation sites excluding steroid dienone is 1. The summed E-state index contributed by atoms with van der Waals surface area (Å²) in [5, 5.41) is 0. The zero-order valence-corrected chi connectivity index (χ0v) is 12.1. The van der Waals surface area contributed by atoms with Crippen LogP contribution in [0.5, 0.6) is 11.5 Å². The molecule has 0 saturated heterocycles. The fourth-order valence-electron chi connectivity index (χ4n) is 2.53. The van der Waals surface area contributed by atoms with E-state index in [1.807, 2.05) is 0 Å². The van der Waals surface area contributed by atoms with Crippen LogP contribution in [0.3, 0.4) is 0 Å². The van der Waals surface area contributed by atoms with Crippen LogP contribution in [-0.2, 0) is 4.79 Å². The Morgan fingerprint density at radius 3 is 2.55 bits per heavy atom. The van der Waals surface area contributed by atoms with Gasteiger partial charge in [0.05, 0.1) is 26.1 Å². The van der Waals surface area contributed by atoms with Gasteiger partial charge in [0.1, 0.15) is 0 Å². The van der Waals surface area contributed by atoms with Gasteiger partial charge < -0.3 is 9.47 Å². The van der Waals surface area contributed by atoms with Crippen LogP contribution >= 0.6 is 0 Å². The first kappa shape index (κ1) is 14.6. The van der Waals surface area contributed by atoms with Crippen molar-refractivity contribution in [2.45, 2.75) is 32.1 Å². The smallest absolute Gasteiger partial charge is 0.179 e. The van der Waals surface area contributed by atoms with E-state index in [-0.39, 0.29) is 11.7 Å². The van der Waals surface area contributed by atoms with E-state index >= 15 is 0 Å². The van der Waals surface area contributed by atoms with E-state index in [1.54, 1.807) is 38.6 Å². The summed E-state index contributed by atoms with van der Waals surface area (Å²) in [6, 6.07) is 1.77. The Morgan fingerprint density at radius 1 is 1.20 bits per heavy atom. The molecule has 0 unspecified atom stereocenters. The van der Waals surface area contributed by atoms with Crippen molar-refractivity contribution >= 4 is 11.9 Å². The number of ketones is 1. The first-order chi connectivity index (χ1) is 9.74. The van der Waals surface area contributed by atoms with Crippen LogP contribution in [0.25, 0.3) is 6.08 Å². The van der Waals surface area contributed by atoms with E-state index in [9.17, 15) is 4.79 Å². The Kier molecular flexibility index (Phi) is 5.16. The van der Waals surface area contributed by atoms with Crippen molar-refractivity contribution in [3.05, 3.63) is 24.0 Å². The van der Waals surface area contributed by atoms with Gasteiger partial charge in [-0.15, -0.1) is 0 Å². The fraction of sp³-hybridized carbons (Fsp3) is 0.500. The van der Waals surface area contributed by atoms with Crippen molar-refractivity contribution in [1.82, 2.24) is 4.98 Å². The van der Waals surface area contributed by atoms with Crippen LogP contribution < -0.4 is 9.47 Å². The van der Waals surface area contributed by atoms with Gasteiger partial charge in [-0.1, -0.05) is 19.3 Å². The maximum atomic E-state index is 12.1. The minimum atomic E-state index is 0.195. The lowest BCUT2D eigenvalue weighted by Crippen LogP contribution is -2.15. The molecule has 1 aliphatic carbocycles. The number of carbonyl (C=O) groups excluding carboxylic acids is 1. The highest BCUT2D eigenvalue weighted by Crippen LogP contribution is 2.27. The van der Waals surface area contributed by atoms with Crippen molar-refractivity contribution in [2.75, 3.05) is 14.2 Å². The van der Waals surface area contributed by atoms with Gasteiger partial charge in [0.2, 0.25) is 0 Å². The number of methoxy groups -OCH3 is 2. The third kappa shape index (κ3) is 3.59. The van der Waals surface area contributed by atoms with E-state index in [0.717, 1.165) is 12.8 Å². The Bertz CT molecular complexity index is 490. The van der Waals surface area contributed by atoms with Gasteiger partial charge in [0, 0.05) is 12.0 Å². The summed E-state index contributed by atoms with van der Waals surface area (Å²) in [6.45, 7) is 0. The average molecular weight is 275 g/mol. The van der Waals surface area contributed by atoms with Crippen molar-refractivity contribution in [2.24, 2.45) is 5.92 Å². The summed E-state index contributed by atoms with van der Waals surface area (Å²) in [5.74, 6) is 1.61. The number of nitrogens with zero attached hydrogens (tertiary/aromatic N) is 1. The molecule has 0 aliphatic heterocycles. The normalized spacial score (nSPS) is 16.3. The Balaban J connectivity index is 2.04. The van der Waals surface area contributed by atoms with Crippen LogP contribution in [0.15, 0.2) is 18.3 Å². The van der Waals surface area contributed by atoms with Gasteiger partial charge in [-0.3, -0.25) is 9.78 Å². The summed E-state index contributed by atoms with van der Waals surface area (Å²) < 4.78 is 10.3. The molecular weight excluding hydrogens is 254 g/mol. The van der Waals surface area contributed by atoms with Gasteiger partial charge in [0.25, 0.3) is 0 Å². The van der Waals surface area contributed by atoms with Crippen LogP contribution in [0, 0.1) is 5.92 Å². The number of aromatic nitrogens is 1. The molecule has 0 amide bonds. The van der Waals surface area contributed by atoms with E-state index in [0.29, 0.717) is 17.2 Å². The van der Waals surface area contributed by atoms with E-state index < -0.39 is 0 Å². The van der Waals surface area contributed by atoms with Crippen LogP contribution in [0.1, 0.15) is 37.8 Å². The monoisotopic (exact) mass is 275 g/mol. The molecule has 4 heteroatoms. The second-order valence-corrected chi connectivity index (χ2v) is 5.03. The molecule has 0 atom stereocenters. The fourth-order valence-corrected chi connectivity index (χ4v) is 2.53. The third-order valence-corrected chi connectivity index (χ3v) is 3.72. The molecule has 0 bridgehead atoms. The van der Waals surface area contributed by atoms with Crippen molar-refractivity contribution in [3.63, 3.8) is 0 Å². The minimum absolute atomic E-state index is 0.195. The van der Waals surface area contributed by atoms with Gasteiger partial charge in [-0.05, 0) is 25.0 Å². The lowest BCUT2D eigenvalue weighted by molar-refractivity contribution is -0.119. The largest absolute Gasteiger partial charge is 0.493 e. The quantitative estimate of drug-likeness (QED) is 0.774. The molecule has 1 saturated carbocycles. The first-order valence-corrected chi connectivity index (χ1v) is 7.04. The number of hydrogen-bond donors (Lipinski definition) is 0. The zero-order valence-electron chi connectivity index (χ0n) is 12.1. The highest BCUT2D eigenvalue weighted by atomic mass is 16.5. The molecule has 20 heavy (non-hydrogen) atoms. The maximum Gasteiger partial charge on any atom is 0.179 e. The summed E-state index contributed by atoms with van der Waals surface area (Å²) in [7, 11) is 3.15. The minimum Gasteiger partial charge on any atom is -0.493 e. The molecule has 1 aliphatic rings. The van der Waals surface area contributed by atoms with E-state index in [2.05, 4.69) is 4.98 Å². The number of rotatable bonds is 5. The standard InChI is InChI=1S/C16H21NO3/c1-19-15-10-13(17-11-16(15)20-2)8-9-14(18)12-6-4-3-5-7-12/h8-12H,3-7H2,1-2H3/b9-8+. The summed E-state index contributed by atoms with van der Waals surface area (Å²) >= 11 is 0. The predicted molar refractivity (Wildman–Crippen MR) is 78.0 cm³/mol. The summed E-state index contributed by atoms with van der Waals surface area (Å²) in [6.07, 6.45) is 10.6. The molecule has 0 spiro atoms. The summed E-state index contributed by atoms with van der Waals surface area (Å²) in [5.41, 5.74) is 0.701. The van der Waals surface area contributed by atoms with E-state index in [1.165, 1.54) is 19.3 Å². The highest BCUT2D eigenvalue weighted by Gasteiger charge is 2.18. The molecule has 108 valence electrons. The van der Waals surface area contributed by atoms with Gasteiger partial charge in [0.15, 0.2) is 17.3 Å². The van der Waals surface area contributed by atoms with Gasteiger partial charge in [-0.25, -0.2) is 0 Å². The molecule has 1 aromatic rings. The highest BCUT2D eigenvalue weighted by molar-refractivity contribution is 5.95. The molecule has 1 heterocycles. The predicted octanol–water partition coefficient (Wildman–Crippen LogP) is 3.26. The Hall–Kier alpha value is -1.84. The lowest BCUT2D eigenvalue weighted by atomic mass is 9.86.